The van der Waals surface area contributed by atoms with Crippen molar-refractivity contribution in [1.29, 1.82) is 0 Å². The fraction of sp³-hybridized carbons (Fsp3) is 0.647. The average molecular weight is 278 g/mol. The van der Waals surface area contributed by atoms with Crippen molar-refractivity contribution < 1.29 is 0 Å². The Morgan fingerprint density at radius 1 is 1.21 bits per heavy atom. The van der Waals surface area contributed by atoms with Gasteiger partial charge in [0.15, 0.2) is 0 Å². The molecule has 3 rings (SSSR count). The van der Waals surface area contributed by atoms with E-state index in [1.807, 2.05) is 12.1 Å². The van der Waals surface area contributed by atoms with Crippen LogP contribution in [0.4, 0.5) is 0 Å². The molecule has 0 heterocycles. The van der Waals surface area contributed by atoms with E-state index >= 15 is 0 Å². The van der Waals surface area contributed by atoms with Crippen molar-refractivity contribution in [2.24, 2.45) is 17.8 Å². The van der Waals surface area contributed by atoms with Gasteiger partial charge in [-0.1, -0.05) is 37.1 Å². The average Bonchev–Trinajstić information content (AvgIpc) is 3.03. The predicted octanol–water partition coefficient (Wildman–Crippen LogP) is 4.30. The van der Waals surface area contributed by atoms with Crippen LogP contribution in [-0.4, -0.2) is 12.6 Å². The molecule has 1 N–H and O–H groups in total. The summed E-state index contributed by atoms with van der Waals surface area (Å²) < 4.78 is 0. The number of fused-ring (bicyclic) bond motifs is 2. The lowest BCUT2D eigenvalue weighted by Crippen LogP contribution is -2.40. The van der Waals surface area contributed by atoms with Crippen molar-refractivity contribution in [3.8, 4) is 0 Å². The molecule has 1 aromatic carbocycles. The monoisotopic (exact) mass is 277 g/mol. The molecule has 1 nitrogen and oxygen atoms in total. The number of nitrogens with one attached hydrogen (secondary N) is 1. The summed E-state index contributed by atoms with van der Waals surface area (Å²) in [6.07, 6.45) is 7.06. The Hall–Kier alpha value is -0.530. The maximum Gasteiger partial charge on any atom is 0.0406 e. The van der Waals surface area contributed by atoms with Crippen LogP contribution in [0.25, 0.3) is 0 Å². The second kappa shape index (κ2) is 5.85. The number of benzene rings is 1. The third-order valence-electron chi connectivity index (χ3n) is 5.14. The van der Waals surface area contributed by atoms with E-state index < -0.39 is 0 Å². The van der Waals surface area contributed by atoms with E-state index in [9.17, 15) is 0 Å². The van der Waals surface area contributed by atoms with Crippen molar-refractivity contribution in [1.82, 2.24) is 5.32 Å². The Balaban J connectivity index is 1.68. The molecule has 2 saturated carbocycles. The molecule has 2 fully saturated rings. The first-order chi connectivity index (χ1) is 9.26. The summed E-state index contributed by atoms with van der Waals surface area (Å²) in [6, 6.07) is 9.04. The van der Waals surface area contributed by atoms with Crippen LogP contribution >= 0.6 is 11.6 Å². The highest BCUT2D eigenvalue weighted by molar-refractivity contribution is 6.30. The first-order valence-electron chi connectivity index (χ1n) is 7.74. The Labute approximate surface area is 121 Å². The summed E-state index contributed by atoms with van der Waals surface area (Å²) in [5.41, 5.74) is 1.41. The van der Waals surface area contributed by atoms with Crippen LogP contribution < -0.4 is 5.32 Å². The molecule has 0 aromatic heterocycles. The van der Waals surface area contributed by atoms with Crippen molar-refractivity contribution >= 4 is 11.6 Å². The smallest absolute Gasteiger partial charge is 0.0406 e. The Morgan fingerprint density at radius 3 is 2.58 bits per heavy atom. The Bertz CT molecular complexity index is 414. The molecule has 2 aliphatic rings. The van der Waals surface area contributed by atoms with Crippen LogP contribution in [-0.2, 0) is 6.42 Å². The third kappa shape index (κ3) is 2.98. The zero-order valence-electron chi connectivity index (χ0n) is 11.7. The van der Waals surface area contributed by atoms with E-state index in [2.05, 4.69) is 24.4 Å². The van der Waals surface area contributed by atoms with E-state index in [4.69, 9.17) is 11.6 Å². The highest BCUT2D eigenvalue weighted by Gasteiger charge is 2.42. The molecule has 0 radical (unpaired) electrons. The summed E-state index contributed by atoms with van der Waals surface area (Å²) >= 11 is 5.97. The fourth-order valence-corrected chi connectivity index (χ4v) is 4.42. The first-order valence-corrected chi connectivity index (χ1v) is 8.12. The molecule has 4 atom stereocenters. The van der Waals surface area contributed by atoms with Gasteiger partial charge in [-0.05, 0) is 67.7 Å². The minimum atomic E-state index is 0.654. The normalized spacial score (nSPS) is 30.7. The SMILES string of the molecule is CCNC(Cc1ccc(Cl)cc1)C1CC2CCC1C2. The minimum absolute atomic E-state index is 0.654. The molecular weight excluding hydrogens is 254 g/mol. The molecular formula is C17H24ClN. The number of hydrogen-bond donors (Lipinski definition) is 1. The van der Waals surface area contributed by atoms with Crippen molar-refractivity contribution in [3.63, 3.8) is 0 Å². The van der Waals surface area contributed by atoms with Crippen LogP contribution in [0.15, 0.2) is 24.3 Å². The summed E-state index contributed by atoms with van der Waals surface area (Å²) in [7, 11) is 0. The van der Waals surface area contributed by atoms with Gasteiger partial charge in [0.2, 0.25) is 0 Å². The molecule has 2 heteroatoms. The van der Waals surface area contributed by atoms with E-state index in [0.29, 0.717) is 6.04 Å². The second-order valence-corrected chi connectivity index (χ2v) is 6.77. The van der Waals surface area contributed by atoms with Crippen LogP contribution in [0, 0.1) is 17.8 Å². The standard InChI is InChI=1S/C17H24ClN/c1-2-19-17(11-12-4-7-15(18)8-5-12)16-10-13-3-6-14(16)9-13/h4-5,7-8,13-14,16-17,19H,2-3,6,9-11H2,1H3. The molecule has 2 bridgehead atoms. The molecule has 19 heavy (non-hydrogen) atoms. The summed E-state index contributed by atoms with van der Waals surface area (Å²) in [5.74, 6) is 2.91. The largest absolute Gasteiger partial charge is 0.314 e. The molecule has 0 amide bonds. The van der Waals surface area contributed by atoms with E-state index in [-0.39, 0.29) is 0 Å². The zero-order chi connectivity index (χ0) is 13.2. The van der Waals surface area contributed by atoms with Gasteiger partial charge in [-0.3, -0.25) is 0 Å². The van der Waals surface area contributed by atoms with Crippen molar-refractivity contribution in [2.45, 2.75) is 45.1 Å². The molecule has 2 aliphatic carbocycles. The lowest BCUT2D eigenvalue weighted by atomic mass is 9.81. The van der Waals surface area contributed by atoms with Gasteiger partial charge < -0.3 is 5.32 Å². The Morgan fingerprint density at radius 2 is 2.00 bits per heavy atom. The minimum Gasteiger partial charge on any atom is -0.314 e. The highest BCUT2D eigenvalue weighted by Crippen LogP contribution is 2.49. The van der Waals surface area contributed by atoms with E-state index in [1.54, 1.807) is 0 Å². The first kappa shape index (κ1) is 13.5. The van der Waals surface area contributed by atoms with E-state index in [1.165, 1.54) is 31.2 Å². The summed E-state index contributed by atoms with van der Waals surface area (Å²) in [6.45, 7) is 3.30. The Kier molecular flexibility index (Phi) is 4.14. The predicted molar refractivity (Wildman–Crippen MR) is 81.6 cm³/mol. The molecule has 0 saturated heterocycles. The molecule has 1 aromatic rings. The number of halogens is 1. The van der Waals surface area contributed by atoms with Gasteiger partial charge >= 0.3 is 0 Å². The zero-order valence-corrected chi connectivity index (χ0v) is 12.5. The highest BCUT2D eigenvalue weighted by atomic mass is 35.5. The van der Waals surface area contributed by atoms with Gasteiger partial charge in [-0.25, -0.2) is 0 Å². The van der Waals surface area contributed by atoms with Gasteiger partial charge in [-0.2, -0.15) is 0 Å². The topological polar surface area (TPSA) is 12.0 Å². The second-order valence-electron chi connectivity index (χ2n) is 6.33. The fourth-order valence-electron chi connectivity index (χ4n) is 4.30. The van der Waals surface area contributed by atoms with Crippen molar-refractivity contribution in [3.05, 3.63) is 34.9 Å². The van der Waals surface area contributed by atoms with Crippen LogP contribution in [0.2, 0.25) is 5.02 Å². The third-order valence-corrected chi connectivity index (χ3v) is 5.40. The van der Waals surface area contributed by atoms with Crippen LogP contribution in [0.3, 0.4) is 0 Å². The van der Waals surface area contributed by atoms with E-state index in [0.717, 1.165) is 35.7 Å². The van der Waals surface area contributed by atoms with Gasteiger partial charge in [0, 0.05) is 11.1 Å². The molecule has 4 unspecified atom stereocenters. The maximum atomic E-state index is 5.97. The van der Waals surface area contributed by atoms with Crippen LogP contribution in [0.5, 0.6) is 0 Å². The van der Waals surface area contributed by atoms with Gasteiger partial charge in [0.25, 0.3) is 0 Å². The van der Waals surface area contributed by atoms with Gasteiger partial charge in [0.1, 0.15) is 0 Å². The number of likely N-dealkylation sites (N-methyl/N-ethyl adjacent to an activating group) is 1. The quantitative estimate of drug-likeness (QED) is 0.846. The lowest BCUT2D eigenvalue weighted by Gasteiger charge is -2.31. The number of hydrogen-bond acceptors (Lipinski definition) is 1. The van der Waals surface area contributed by atoms with Crippen LogP contribution in [0.1, 0.15) is 38.2 Å². The molecule has 0 aliphatic heterocycles. The lowest BCUT2D eigenvalue weighted by molar-refractivity contribution is 0.249. The molecule has 0 spiro atoms. The molecule has 104 valence electrons. The van der Waals surface area contributed by atoms with Gasteiger partial charge in [0.05, 0.1) is 0 Å². The summed E-state index contributed by atoms with van der Waals surface area (Å²) in [5, 5.41) is 4.58. The van der Waals surface area contributed by atoms with Crippen molar-refractivity contribution in [2.75, 3.05) is 6.54 Å². The summed E-state index contributed by atoms with van der Waals surface area (Å²) in [4.78, 5) is 0. The van der Waals surface area contributed by atoms with Gasteiger partial charge in [-0.15, -0.1) is 0 Å². The number of rotatable bonds is 5. The maximum absolute atomic E-state index is 5.97.